The first-order chi connectivity index (χ1) is 6.83. The van der Waals surface area contributed by atoms with Gasteiger partial charge in [0.25, 0.3) is 0 Å². The zero-order valence-electron chi connectivity index (χ0n) is 8.96. The van der Waals surface area contributed by atoms with Crippen molar-refractivity contribution >= 4 is 5.91 Å². The van der Waals surface area contributed by atoms with Gasteiger partial charge in [-0.2, -0.15) is 0 Å². The average Bonchev–Trinajstić information content (AvgIpc) is 2.85. The van der Waals surface area contributed by atoms with Gasteiger partial charge in [-0.3, -0.25) is 4.79 Å². The van der Waals surface area contributed by atoms with Gasteiger partial charge in [0, 0.05) is 25.7 Å². The minimum Gasteiger partial charge on any atom is -0.339 e. The maximum absolute atomic E-state index is 12.0. The van der Waals surface area contributed by atoms with Gasteiger partial charge in [-0.05, 0) is 19.3 Å². The summed E-state index contributed by atoms with van der Waals surface area (Å²) in [6.07, 6.45) is 4.80. The molecule has 1 aliphatic carbocycles. The van der Waals surface area contributed by atoms with E-state index in [9.17, 15) is 4.79 Å². The molecule has 0 bridgehead atoms. The number of carbonyl (C=O) groups excluding carboxylic acids is 1. The quantitative estimate of drug-likeness (QED) is 0.711. The van der Waals surface area contributed by atoms with Gasteiger partial charge >= 0.3 is 0 Å². The molecule has 0 aromatic carbocycles. The fourth-order valence-corrected chi connectivity index (χ4v) is 1.89. The third-order valence-corrected chi connectivity index (χ3v) is 3.15. The van der Waals surface area contributed by atoms with E-state index in [1.54, 1.807) is 0 Å². The Kier molecular flexibility index (Phi) is 3.06. The predicted molar refractivity (Wildman–Crippen MR) is 56.0 cm³/mol. The van der Waals surface area contributed by atoms with E-state index in [-0.39, 0.29) is 5.92 Å². The highest BCUT2D eigenvalue weighted by Gasteiger charge is 2.37. The molecule has 14 heavy (non-hydrogen) atoms. The second-order valence-electron chi connectivity index (χ2n) is 4.47. The van der Waals surface area contributed by atoms with E-state index in [0.29, 0.717) is 11.9 Å². The van der Waals surface area contributed by atoms with Gasteiger partial charge in [0.15, 0.2) is 0 Å². The summed E-state index contributed by atoms with van der Waals surface area (Å²) in [5.41, 5.74) is 0. The number of hydrogen-bond acceptors (Lipinski definition) is 2. The molecule has 1 heterocycles. The number of carbonyl (C=O) groups is 1. The average molecular weight is 196 g/mol. The van der Waals surface area contributed by atoms with E-state index in [4.69, 9.17) is 0 Å². The highest BCUT2D eigenvalue weighted by Crippen LogP contribution is 2.29. The Morgan fingerprint density at radius 2 is 2.14 bits per heavy atom. The van der Waals surface area contributed by atoms with Gasteiger partial charge in [0.2, 0.25) is 5.91 Å². The summed E-state index contributed by atoms with van der Waals surface area (Å²) in [6.45, 7) is 4.96. The zero-order valence-corrected chi connectivity index (χ0v) is 8.96. The number of unbranched alkanes of at least 4 members (excludes halogenated alkanes) is 1. The molecule has 1 amide bonds. The molecule has 0 atom stereocenters. The van der Waals surface area contributed by atoms with Crippen LogP contribution in [0, 0.1) is 5.92 Å². The maximum Gasteiger partial charge on any atom is 0.228 e. The van der Waals surface area contributed by atoms with Crippen molar-refractivity contribution in [3.63, 3.8) is 0 Å². The Morgan fingerprint density at radius 3 is 2.57 bits per heavy atom. The summed E-state index contributed by atoms with van der Waals surface area (Å²) < 4.78 is 0. The van der Waals surface area contributed by atoms with E-state index in [1.807, 2.05) is 0 Å². The summed E-state index contributed by atoms with van der Waals surface area (Å²) in [5, 5.41) is 3.16. The summed E-state index contributed by atoms with van der Waals surface area (Å²) in [4.78, 5) is 14.1. The van der Waals surface area contributed by atoms with Crippen LogP contribution in [0.15, 0.2) is 0 Å². The SMILES string of the molecule is CCCCN(C(=O)C1CNC1)C1CC1. The molecule has 1 aliphatic heterocycles. The zero-order chi connectivity index (χ0) is 9.97. The predicted octanol–water partition coefficient (Wildman–Crippen LogP) is 0.997. The van der Waals surface area contributed by atoms with Crippen LogP contribution in [0.4, 0.5) is 0 Å². The van der Waals surface area contributed by atoms with Crippen LogP contribution in [0.25, 0.3) is 0 Å². The molecule has 1 N–H and O–H groups in total. The number of hydrogen-bond donors (Lipinski definition) is 1. The Bertz CT molecular complexity index is 209. The van der Waals surface area contributed by atoms with Crippen molar-refractivity contribution in [2.24, 2.45) is 5.92 Å². The van der Waals surface area contributed by atoms with E-state index < -0.39 is 0 Å². The van der Waals surface area contributed by atoms with E-state index in [1.165, 1.54) is 19.3 Å². The molecule has 1 saturated carbocycles. The van der Waals surface area contributed by atoms with Crippen molar-refractivity contribution in [1.82, 2.24) is 10.2 Å². The lowest BCUT2D eigenvalue weighted by molar-refractivity contribution is -0.137. The monoisotopic (exact) mass is 196 g/mol. The molecule has 3 nitrogen and oxygen atoms in total. The lowest BCUT2D eigenvalue weighted by Crippen LogP contribution is -2.52. The number of rotatable bonds is 5. The molecule has 0 aromatic heterocycles. The normalized spacial score (nSPS) is 21.8. The highest BCUT2D eigenvalue weighted by molar-refractivity contribution is 5.80. The van der Waals surface area contributed by atoms with Gasteiger partial charge in [-0.25, -0.2) is 0 Å². The molecule has 2 fully saturated rings. The molecular weight excluding hydrogens is 176 g/mol. The highest BCUT2D eigenvalue weighted by atomic mass is 16.2. The van der Waals surface area contributed by atoms with Crippen molar-refractivity contribution in [3.05, 3.63) is 0 Å². The molecule has 0 spiro atoms. The molecule has 2 aliphatic rings. The summed E-state index contributed by atoms with van der Waals surface area (Å²) in [6, 6.07) is 0.592. The van der Waals surface area contributed by atoms with Crippen molar-refractivity contribution in [1.29, 1.82) is 0 Å². The van der Waals surface area contributed by atoms with Gasteiger partial charge in [-0.15, -0.1) is 0 Å². The first kappa shape index (κ1) is 9.97. The first-order valence-corrected chi connectivity index (χ1v) is 5.84. The third-order valence-electron chi connectivity index (χ3n) is 3.15. The van der Waals surface area contributed by atoms with Gasteiger partial charge in [0.1, 0.15) is 0 Å². The topological polar surface area (TPSA) is 32.3 Å². The smallest absolute Gasteiger partial charge is 0.228 e. The Labute approximate surface area is 85.8 Å². The van der Waals surface area contributed by atoms with Crippen molar-refractivity contribution in [2.45, 2.75) is 38.6 Å². The number of amides is 1. The minimum absolute atomic E-state index is 0.285. The number of nitrogens with zero attached hydrogens (tertiary/aromatic N) is 1. The van der Waals surface area contributed by atoms with Gasteiger partial charge in [-0.1, -0.05) is 13.3 Å². The van der Waals surface area contributed by atoms with Crippen LogP contribution in [-0.4, -0.2) is 36.5 Å². The molecular formula is C11H20N2O. The Morgan fingerprint density at radius 1 is 1.43 bits per heavy atom. The molecule has 3 heteroatoms. The summed E-state index contributed by atoms with van der Waals surface area (Å²) in [7, 11) is 0. The van der Waals surface area contributed by atoms with Crippen LogP contribution in [0.3, 0.4) is 0 Å². The van der Waals surface area contributed by atoms with Gasteiger partial charge < -0.3 is 10.2 Å². The van der Waals surface area contributed by atoms with E-state index >= 15 is 0 Å². The molecule has 2 rings (SSSR count). The van der Waals surface area contributed by atoms with Crippen LogP contribution in [-0.2, 0) is 4.79 Å². The second kappa shape index (κ2) is 4.30. The van der Waals surface area contributed by atoms with Crippen LogP contribution < -0.4 is 5.32 Å². The summed E-state index contributed by atoms with van der Waals surface area (Å²) >= 11 is 0. The Hall–Kier alpha value is -0.570. The lowest BCUT2D eigenvalue weighted by Gasteiger charge is -2.32. The second-order valence-corrected chi connectivity index (χ2v) is 4.47. The first-order valence-electron chi connectivity index (χ1n) is 5.84. The molecule has 0 aromatic rings. The lowest BCUT2D eigenvalue weighted by atomic mass is 10.0. The standard InChI is InChI=1S/C11H20N2O/c1-2-3-6-13(10-4-5-10)11(14)9-7-12-8-9/h9-10,12H,2-8H2,1H3. The Balaban J connectivity index is 1.84. The molecule has 1 saturated heterocycles. The fourth-order valence-electron chi connectivity index (χ4n) is 1.89. The van der Waals surface area contributed by atoms with Crippen molar-refractivity contribution < 1.29 is 4.79 Å². The van der Waals surface area contributed by atoms with E-state index in [2.05, 4.69) is 17.1 Å². The maximum atomic E-state index is 12.0. The summed E-state index contributed by atoms with van der Waals surface area (Å²) in [5.74, 6) is 0.687. The fraction of sp³-hybridized carbons (Fsp3) is 0.909. The van der Waals surface area contributed by atoms with Crippen LogP contribution in [0.1, 0.15) is 32.6 Å². The molecule has 0 radical (unpaired) electrons. The number of nitrogens with one attached hydrogen (secondary N) is 1. The minimum atomic E-state index is 0.285. The van der Waals surface area contributed by atoms with Gasteiger partial charge in [0.05, 0.1) is 5.92 Å². The molecule has 0 unspecified atom stereocenters. The largest absolute Gasteiger partial charge is 0.339 e. The van der Waals surface area contributed by atoms with E-state index in [0.717, 1.165) is 26.1 Å². The van der Waals surface area contributed by atoms with Crippen LogP contribution >= 0.6 is 0 Å². The van der Waals surface area contributed by atoms with Crippen molar-refractivity contribution in [2.75, 3.05) is 19.6 Å². The van der Waals surface area contributed by atoms with Crippen LogP contribution in [0.2, 0.25) is 0 Å². The molecule has 80 valence electrons. The van der Waals surface area contributed by atoms with Crippen LogP contribution in [0.5, 0.6) is 0 Å². The third kappa shape index (κ3) is 2.08. The van der Waals surface area contributed by atoms with Crippen molar-refractivity contribution in [3.8, 4) is 0 Å².